The van der Waals surface area contributed by atoms with Crippen molar-refractivity contribution in [3.8, 4) is 5.75 Å². The summed E-state index contributed by atoms with van der Waals surface area (Å²) in [5.41, 5.74) is 0. The Bertz CT molecular complexity index is 679. The van der Waals surface area contributed by atoms with Crippen molar-refractivity contribution in [2.45, 2.75) is 135 Å². The van der Waals surface area contributed by atoms with E-state index in [1.54, 1.807) is 31.2 Å². The SMILES string of the molecule is CCCCCCCCCCCCC(CC(CCCCC)S(=O)(=O)Oc1ccccc1)C(C)O.[NaH]. The summed E-state index contributed by atoms with van der Waals surface area (Å²) in [6, 6.07) is 8.75. The van der Waals surface area contributed by atoms with E-state index in [9.17, 15) is 13.5 Å². The topological polar surface area (TPSA) is 63.6 Å². The molecule has 0 saturated heterocycles. The van der Waals surface area contributed by atoms with Gasteiger partial charge in [-0.05, 0) is 44.2 Å². The molecule has 0 heterocycles. The van der Waals surface area contributed by atoms with Crippen LogP contribution in [0.4, 0.5) is 0 Å². The zero-order valence-electron chi connectivity index (χ0n) is 21.5. The number of hydrogen-bond acceptors (Lipinski definition) is 4. The van der Waals surface area contributed by atoms with E-state index in [4.69, 9.17) is 4.18 Å². The summed E-state index contributed by atoms with van der Waals surface area (Å²) in [5.74, 6) is 0.348. The average Bonchev–Trinajstić information content (AvgIpc) is 2.78. The second kappa shape index (κ2) is 21.1. The van der Waals surface area contributed by atoms with Crippen LogP contribution < -0.4 is 4.18 Å². The van der Waals surface area contributed by atoms with E-state index in [1.807, 2.05) is 6.07 Å². The number of hydrogen-bond donors (Lipinski definition) is 1. The van der Waals surface area contributed by atoms with Crippen LogP contribution in [0.3, 0.4) is 0 Å². The first-order valence-electron chi connectivity index (χ1n) is 13.6. The molecule has 1 rings (SSSR count). The van der Waals surface area contributed by atoms with Crippen LogP contribution in [0.5, 0.6) is 5.75 Å². The molecule has 0 amide bonds. The van der Waals surface area contributed by atoms with Gasteiger partial charge < -0.3 is 9.29 Å². The van der Waals surface area contributed by atoms with Gasteiger partial charge in [-0.3, -0.25) is 0 Å². The molecule has 1 aromatic carbocycles. The van der Waals surface area contributed by atoms with E-state index in [1.165, 1.54) is 51.4 Å². The minimum atomic E-state index is -3.75. The van der Waals surface area contributed by atoms with Gasteiger partial charge in [-0.1, -0.05) is 116 Å². The van der Waals surface area contributed by atoms with Crippen molar-refractivity contribution in [3.05, 3.63) is 30.3 Å². The Morgan fingerprint density at radius 1 is 0.765 bits per heavy atom. The molecule has 3 atom stereocenters. The third kappa shape index (κ3) is 15.8. The molecule has 1 N–H and O–H groups in total. The van der Waals surface area contributed by atoms with Crippen LogP contribution in [0.15, 0.2) is 30.3 Å². The maximum absolute atomic E-state index is 13.1. The zero-order chi connectivity index (χ0) is 24.4. The molecule has 0 aliphatic carbocycles. The van der Waals surface area contributed by atoms with Crippen LogP contribution in [-0.2, 0) is 10.1 Å². The summed E-state index contributed by atoms with van der Waals surface area (Å²) < 4.78 is 31.7. The third-order valence-corrected chi connectivity index (χ3v) is 8.34. The number of aliphatic hydroxyl groups excluding tert-OH is 1. The number of benzene rings is 1. The molecule has 6 heteroatoms. The predicted octanol–water partition coefficient (Wildman–Crippen LogP) is 7.39. The van der Waals surface area contributed by atoms with E-state index in [0.29, 0.717) is 18.6 Å². The first kappa shape index (κ1) is 33.9. The van der Waals surface area contributed by atoms with Crippen LogP contribution in [0, 0.1) is 5.92 Å². The molecule has 194 valence electrons. The monoisotopic (exact) mass is 506 g/mol. The van der Waals surface area contributed by atoms with Crippen molar-refractivity contribution in [3.63, 3.8) is 0 Å². The molecule has 0 aromatic heterocycles. The molecule has 0 aliphatic rings. The first-order chi connectivity index (χ1) is 15.9. The van der Waals surface area contributed by atoms with Crippen LogP contribution in [0.1, 0.15) is 124 Å². The number of unbranched alkanes of at least 4 members (excludes halogenated alkanes) is 11. The molecule has 0 radical (unpaired) electrons. The second-order valence-corrected chi connectivity index (χ2v) is 11.5. The van der Waals surface area contributed by atoms with Gasteiger partial charge in [0.05, 0.1) is 11.4 Å². The molecular weight excluding hydrogens is 455 g/mol. The van der Waals surface area contributed by atoms with Gasteiger partial charge in [-0.25, -0.2) is 0 Å². The van der Waals surface area contributed by atoms with E-state index in [0.717, 1.165) is 38.5 Å². The van der Waals surface area contributed by atoms with Crippen molar-refractivity contribution in [1.82, 2.24) is 0 Å². The van der Waals surface area contributed by atoms with Gasteiger partial charge in [0.2, 0.25) is 0 Å². The van der Waals surface area contributed by atoms with Gasteiger partial charge >= 0.3 is 39.7 Å². The molecule has 0 aliphatic heterocycles. The van der Waals surface area contributed by atoms with Crippen molar-refractivity contribution >= 4 is 39.7 Å². The molecule has 1 aromatic rings. The number of para-hydroxylation sites is 1. The Labute approximate surface area is 233 Å². The van der Waals surface area contributed by atoms with Crippen molar-refractivity contribution in [1.29, 1.82) is 0 Å². The molecule has 4 nitrogen and oxygen atoms in total. The summed E-state index contributed by atoms with van der Waals surface area (Å²) in [6.45, 7) is 6.17. The second-order valence-electron chi connectivity index (χ2n) is 9.71. The third-order valence-electron chi connectivity index (χ3n) is 6.67. The van der Waals surface area contributed by atoms with Gasteiger partial charge in [-0.2, -0.15) is 8.42 Å². The molecule has 3 unspecified atom stereocenters. The van der Waals surface area contributed by atoms with Crippen LogP contribution >= 0.6 is 0 Å². The fourth-order valence-electron chi connectivity index (χ4n) is 4.47. The molecule has 0 fully saturated rings. The Kier molecular flexibility index (Phi) is 21.0. The number of rotatable bonds is 21. The Morgan fingerprint density at radius 3 is 1.76 bits per heavy atom. The summed E-state index contributed by atoms with van der Waals surface area (Å²) in [6.07, 6.45) is 17.1. The van der Waals surface area contributed by atoms with Crippen molar-refractivity contribution < 1.29 is 17.7 Å². The maximum atomic E-state index is 13.1. The fraction of sp³-hybridized carbons (Fsp3) is 0.786. The quantitative estimate of drug-likeness (QED) is 0.107. The number of aliphatic hydroxyl groups is 1. The van der Waals surface area contributed by atoms with Gasteiger partial charge in [0, 0.05) is 0 Å². The minimum absolute atomic E-state index is 0. The van der Waals surface area contributed by atoms with Crippen LogP contribution in [0.2, 0.25) is 0 Å². The van der Waals surface area contributed by atoms with Crippen LogP contribution in [0.25, 0.3) is 0 Å². The standard InChI is InChI=1S/C28H50O4S.Na.H/c1-4-6-8-9-10-11-12-13-14-17-20-26(25(3)29)24-28(23-16-7-5-2)33(30,31)32-27-21-18-15-19-22-27;;/h15,18-19,21-22,25-26,28-29H,4-14,16-17,20,23-24H2,1-3H3;;. The van der Waals surface area contributed by atoms with E-state index < -0.39 is 21.5 Å². The van der Waals surface area contributed by atoms with Crippen LogP contribution in [-0.4, -0.2) is 54.4 Å². The van der Waals surface area contributed by atoms with E-state index in [2.05, 4.69) is 13.8 Å². The fourth-order valence-corrected chi connectivity index (χ4v) is 5.92. The Hall–Kier alpha value is -0.0700. The first-order valence-corrected chi connectivity index (χ1v) is 15.0. The van der Waals surface area contributed by atoms with Gasteiger partial charge in [-0.15, -0.1) is 0 Å². The summed E-state index contributed by atoms with van der Waals surface area (Å²) in [4.78, 5) is 0. The van der Waals surface area contributed by atoms with E-state index >= 15 is 0 Å². The van der Waals surface area contributed by atoms with Crippen molar-refractivity contribution in [2.24, 2.45) is 5.92 Å². The molecule has 0 bridgehead atoms. The normalized spacial score (nSPS) is 14.2. The Balaban J connectivity index is 0.0000109. The van der Waals surface area contributed by atoms with E-state index in [-0.39, 0.29) is 35.5 Å². The summed E-state index contributed by atoms with van der Waals surface area (Å²) >= 11 is 0. The Morgan fingerprint density at radius 2 is 1.24 bits per heavy atom. The predicted molar refractivity (Wildman–Crippen MR) is 147 cm³/mol. The zero-order valence-corrected chi connectivity index (χ0v) is 22.3. The summed E-state index contributed by atoms with van der Waals surface area (Å²) in [7, 11) is -3.75. The van der Waals surface area contributed by atoms with Crippen molar-refractivity contribution in [2.75, 3.05) is 0 Å². The van der Waals surface area contributed by atoms with Gasteiger partial charge in [0.15, 0.2) is 0 Å². The van der Waals surface area contributed by atoms with Gasteiger partial charge in [0.25, 0.3) is 0 Å². The summed E-state index contributed by atoms with van der Waals surface area (Å²) in [5, 5.41) is 9.82. The molecular formula is C28H51NaO4S. The average molecular weight is 507 g/mol. The molecule has 0 saturated carbocycles. The molecule has 0 spiro atoms. The molecule has 34 heavy (non-hydrogen) atoms. The van der Waals surface area contributed by atoms with Gasteiger partial charge in [0.1, 0.15) is 5.75 Å².